The van der Waals surface area contributed by atoms with Crippen LogP contribution in [0, 0.1) is 5.82 Å². The molecular weight excluding hydrogens is 459 g/mol. The maximum Gasteiger partial charge on any atom is 0.353 e. The Morgan fingerprint density at radius 1 is 1.29 bits per heavy atom. The Morgan fingerprint density at radius 2 is 2.15 bits per heavy atom. The predicted octanol–water partition coefficient (Wildman–Crippen LogP) is 4.96. The minimum absolute atomic E-state index is 0.0733. The Labute approximate surface area is 198 Å². The summed E-state index contributed by atoms with van der Waals surface area (Å²) in [6, 6.07) is 4.94. The van der Waals surface area contributed by atoms with Gasteiger partial charge in [-0.1, -0.05) is 35.9 Å². The standard InChI is InChI=1S/C26H18ClFN2O4/c27-18-6-5-13(16-10-29-11-17(16)18)12-30-20-9-19(28)14-7-8-34-25(14)23(20)22(24(30)26(32)33)15-3-1-2-4-21(15)31/h1-3,5-6,9,11H,4,7-8,10,12H2,(H,32,33). The number of carboxylic acid groups (broad SMARTS) is 1. The number of aliphatic imine (C=N–C) groups is 1. The number of allylic oxidation sites excluding steroid dienone is 4. The molecule has 0 unspecified atom stereocenters. The maximum absolute atomic E-state index is 15.1. The molecule has 3 heterocycles. The zero-order valence-electron chi connectivity index (χ0n) is 17.9. The molecule has 1 aromatic heterocycles. The van der Waals surface area contributed by atoms with Gasteiger partial charge in [0.1, 0.15) is 17.3 Å². The Kier molecular flexibility index (Phi) is 4.71. The molecule has 3 aromatic rings. The molecule has 0 bridgehead atoms. The Balaban J connectivity index is 1.68. The predicted molar refractivity (Wildman–Crippen MR) is 127 cm³/mol. The number of ether oxygens (including phenoxy) is 1. The summed E-state index contributed by atoms with van der Waals surface area (Å²) < 4.78 is 22.5. The average molecular weight is 477 g/mol. The number of halogens is 2. The topological polar surface area (TPSA) is 80.9 Å². The number of benzene rings is 2. The molecule has 0 atom stereocenters. The molecule has 2 aliphatic heterocycles. The van der Waals surface area contributed by atoms with Gasteiger partial charge in [0.25, 0.3) is 0 Å². The van der Waals surface area contributed by atoms with E-state index in [1.54, 1.807) is 35.1 Å². The van der Waals surface area contributed by atoms with Crippen LogP contribution in [0.15, 0.2) is 41.4 Å². The van der Waals surface area contributed by atoms with Gasteiger partial charge in [-0.15, -0.1) is 0 Å². The van der Waals surface area contributed by atoms with Crippen molar-refractivity contribution >= 4 is 46.0 Å². The highest BCUT2D eigenvalue weighted by atomic mass is 35.5. The lowest BCUT2D eigenvalue weighted by molar-refractivity contribution is -0.113. The fraction of sp³-hybridized carbons (Fsp3) is 0.192. The van der Waals surface area contributed by atoms with E-state index in [2.05, 4.69) is 4.99 Å². The Morgan fingerprint density at radius 3 is 2.94 bits per heavy atom. The first-order valence-electron chi connectivity index (χ1n) is 10.9. The van der Waals surface area contributed by atoms with Crippen molar-refractivity contribution in [3.63, 3.8) is 0 Å². The minimum atomic E-state index is -1.21. The largest absolute Gasteiger partial charge is 0.492 e. The fourth-order valence-electron chi connectivity index (χ4n) is 5.10. The van der Waals surface area contributed by atoms with Crippen molar-refractivity contribution in [2.24, 2.45) is 4.99 Å². The third-order valence-electron chi connectivity index (χ3n) is 6.63. The minimum Gasteiger partial charge on any atom is -0.492 e. The van der Waals surface area contributed by atoms with Crippen molar-refractivity contribution < 1.29 is 23.8 Å². The molecule has 6 nitrogen and oxygen atoms in total. The Hall–Kier alpha value is -3.71. The van der Waals surface area contributed by atoms with E-state index in [4.69, 9.17) is 16.3 Å². The van der Waals surface area contributed by atoms with Crippen molar-refractivity contribution in [1.82, 2.24) is 4.57 Å². The molecule has 0 saturated carbocycles. The van der Waals surface area contributed by atoms with Gasteiger partial charge >= 0.3 is 5.97 Å². The number of Topliss-reactive ketones (excluding diaryl/α,β-unsaturated/α-hetero) is 1. The number of fused-ring (bicyclic) bond motifs is 4. The lowest BCUT2D eigenvalue weighted by Gasteiger charge is -2.14. The van der Waals surface area contributed by atoms with Gasteiger partial charge in [-0.2, -0.15) is 0 Å². The second-order valence-corrected chi connectivity index (χ2v) is 8.89. The number of aromatic carboxylic acids is 1. The molecule has 1 aliphatic carbocycles. The van der Waals surface area contributed by atoms with Crippen LogP contribution < -0.4 is 4.74 Å². The number of hydrogen-bond donors (Lipinski definition) is 1. The molecule has 2 aromatic carbocycles. The summed E-state index contributed by atoms with van der Waals surface area (Å²) in [4.78, 5) is 29.8. The smallest absolute Gasteiger partial charge is 0.353 e. The van der Waals surface area contributed by atoms with Gasteiger partial charge in [0, 0.05) is 52.9 Å². The van der Waals surface area contributed by atoms with E-state index in [0.29, 0.717) is 46.8 Å². The van der Waals surface area contributed by atoms with Gasteiger partial charge in [-0.25, -0.2) is 9.18 Å². The van der Waals surface area contributed by atoms with Crippen LogP contribution in [0.5, 0.6) is 5.75 Å². The molecule has 0 spiro atoms. The highest BCUT2D eigenvalue weighted by molar-refractivity contribution is 6.33. The number of aromatic nitrogens is 1. The van der Waals surface area contributed by atoms with Crippen molar-refractivity contribution in [3.8, 4) is 5.75 Å². The van der Waals surface area contributed by atoms with E-state index in [1.165, 1.54) is 6.07 Å². The van der Waals surface area contributed by atoms with E-state index < -0.39 is 11.8 Å². The molecule has 0 amide bonds. The van der Waals surface area contributed by atoms with E-state index in [9.17, 15) is 14.7 Å². The summed E-state index contributed by atoms with van der Waals surface area (Å²) in [5, 5.41) is 11.4. The SMILES string of the molecule is O=C1CC=CC=C1c1c(C(=O)O)n(Cc2ccc(Cl)c3c2CN=C3)c2cc(F)c3c(c12)OCC3. The summed E-state index contributed by atoms with van der Waals surface area (Å²) >= 11 is 6.32. The van der Waals surface area contributed by atoms with Gasteiger partial charge in [-0.3, -0.25) is 9.79 Å². The van der Waals surface area contributed by atoms with Crippen molar-refractivity contribution in [1.29, 1.82) is 0 Å². The quantitative estimate of drug-likeness (QED) is 0.577. The van der Waals surface area contributed by atoms with Gasteiger partial charge in [0.15, 0.2) is 5.78 Å². The third kappa shape index (κ3) is 2.97. The lowest BCUT2D eigenvalue weighted by atomic mass is 9.92. The molecule has 0 saturated heterocycles. The van der Waals surface area contributed by atoms with Crippen LogP contribution in [0.2, 0.25) is 5.02 Å². The van der Waals surface area contributed by atoms with Crippen LogP contribution in [0.1, 0.15) is 44.7 Å². The van der Waals surface area contributed by atoms with E-state index in [0.717, 1.165) is 16.7 Å². The zero-order valence-corrected chi connectivity index (χ0v) is 18.7. The van der Waals surface area contributed by atoms with Crippen LogP contribution in [0.4, 0.5) is 4.39 Å². The second-order valence-electron chi connectivity index (χ2n) is 8.48. The molecule has 0 radical (unpaired) electrons. The number of carboxylic acids is 1. The van der Waals surface area contributed by atoms with Crippen LogP contribution in [0.3, 0.4) is 0 Å². The highest BCUT2D eigenvalue weighted by Crippen LogP contribution is 2.44. The van der Waals surface area contributed by atoms with Crippen molar-refractivity contribution in [3.05, 3.63) is 80.8 Å². The number of rotatable bonds is 4. The molecule has 170 valence electrons. The number of ketones is 1. The monoisotopic (exact) mass is 476 g/mol. The number of nitrogens with zero attached hydrogens (tertiary/aromatic N) is 2. The molecule has 0 fully saturated rings. The van der Waals surface area contributed by atoms with Crippen molar-refractivity contribution in [2.45, 2.75) is 25.9 Å². The first kappa shape index (κ1) is 20.9. The second kappa shape index (κ2) is 7.67. The first-order chi connectivity index (χ1) is 16.5. The van der Waals surface area contributed by atoms with Crippen LogP contribution in [-0.4, -0.2) is 34.2 Å². The lowest BCUT2D eigenvalue weighted by Crippen LogP contribution is -2.14. The van der Waals surface area contributed by atoms with Crippen LogP contribution in [0.25, 0.3) is 16.5 Å². The number of carbonyl (C=O) groups excluding carboxylic acids is 1. The molecular formula is C26H18ClFN2O4. The van der Waals surface area contributed by atoms with E-state index in [-0.39, 0.29) is 35.6 Å². The van der Waals surface area contributed by atoms with Crippen molar-refractivity contribution in [2.75, 3.05) is 6.61 Å². The van der Waals surface area contributed by atoms with Crippen LogP contribution in [-0.2, 0) is 24.3 Å². The molecule has 1 N–H and O–H groups in total. The molecule has 8 heteroatoms. The molecule has 3 aliphatic rings. The van der Waals surface area contributed by atoms with Gasteiger partial charge in [-0.05, 0) is 23.3 Å². The van der Waals surface area contributed by atoms with E-state index in [1.807, 2.05) is 6.07 Å². The normalized spacial score (nSPS) is 16.1. The third-order valence-corrected chi connectivity index (χ3v) is 6.96. The molecule has 6 rings (SSSR count). The average Bonchev–Trinajstić information content (AvgIpc) is 3.54. The highest BCUT2D eigenvalue weighted by Gasteiger charge is 2.33. The van der Waals surface area contributed by atoms with Gasteiger partial charge < -0.3 is 14.4 Å². The zero-order chi connectivity index (χ0) is 23.6. The van der Waals surface area contributed by atoms with Gasteiger partial charge in [0.2, 0.25) is 0 Å². The molecule has 34 heavy (non-hydrogen) atoms. The Bertz CT molecular complexity index is 1530. The van der Waals surface area contributed by atoms with E-state index >= 15 is 4.39 Å². The maximum atomic E-state index is 15.1. The fourth-order valence-corrected chi connectivity index (χ4v) is 5.32. The summed E-state index contributed by atoms with van der Waals surface area (Å²) in [6.45, 7) is 0.880. The van der Waals surface area contributed by atoms with Gasteiger partial charge in [0.05, 0.1) is 24.1 Å². The number of hydrogen-bond acceptors (Lipinski definition) is 4. The summed E-state index contributed by atoms with van der Waals surface area (Å²) in [6.07, 6.45) is 7.35. The summed E-state index contributed by atoms with van der Waals surface area (Å²) in [5.41, 5.74) is 3.80. The first-order valence-corrected chi connectivity index (χ1v) is 11.3. The number of carbonyl (C=O) groups is 2. The summed E-state index contributed by atoms with van der Waals surface area (Å²) in [5.74, 6) is -1.53. The van der Waals surface area contributed by atoms with Crippen LogP contribution >= 0.6 is 11.6 Å². The summed E-state index contributed by atoms with van der Waals surface area (Å²) in [7, 11) is 0.